The summed E-state index contributed by atoms with van der Waals surface area (Å²) in [7, 11) is 0. The molecular formula is C30H31ClF7N5O7. The van der Waals surface area contributed by atoms with Crippen LogP contribution in [0.1, 0.15) is 36.5 Å². The summed E-state index contributed by atoms with van der Waals surface area (Å²) in [5.74, 6) is -8.70. The Morgan fingerprint density at radius 1 is 1.04 bits per heavy atom. The van der Waals surface area contributed by atoms with Gasteiger partial charge in [0.2, 0.25) is 11.8 Å². The molecule has 0 saturated carbocycles. The first-order valence-corrected chi connectivity index (χ1v) is 14.8. The molecule has 1 aliphatic heterocycles. The van der Waals surface area contributed by atoms with Gasteiger partial charge in [0.05, 0.1) is 17.5 Å². The number of carboxylic acids is 1. The first kappa shape index (κ1) is 41.4. The molecule has 0 aliphatic carbocycles. The minimum absolute atomic E-state index is 0.0756. The number of ether oxygens (including phenoxy) is 1. The third-order valence-electron chi connectivity index (χ3n) is 7.07. The third-order valence-corrected chi connectivity index (χ3v) is 7.36. The normalized spacial score (nSPS) is 16.7. The van der Waals surface area contributed by atoms with E-state index in [0.29, 0.717) is 17.5 Å². The molecule has 12 nitrogen and oxygen atoms in total. The number of amides is 2. The van der Waals surface area contributed by atoms with Crippen LogP contribution >= 0.6 is 11.6 Å². The van der Waals surface area contributed by atoms with Crippen LogP contribution in [0.4, 0.5) is 30.7 Å². The minimum atomic E-state index is -5.33. The molecule has 2 aromatic rings. The number of nitrogens with one attached hydrogen (secondary N) is 3. The molecule has 50 heavy (non-hydrogen) atoms. The average Bonchev–Trinajstić information content (AvgIpc) is 3.42. The highest BCUT2D eigenvalue weighted by atomic mass is 35.5. The van der Waals surface area contributed by atoms with Gasteiger partial charge in [-0.25, -0.2) is 14.0 Å². The molecule has 0 spiro atoms. The summed E-state index contributed by atoms with van der Waals surface area (Å²) in [5, 5.41) is 19.8. The van der Waals surface area contributed by atoms with E-state index in [0.717, 1.165) is 5.56 Å². The maximum Gasteiger partial charge on any atom is 0.491 e. The fraction of sp³-hybridized carbons (Fsp3) is 0.400. The zero-order valence-electron chi connectivity index (χ0n) is 26.0. The minimum Gasteiger partial charge on any atom is -0.475 e. The van der Waals surface area contributed by atoms with Gasteiger partial charge in [0.25, 0.3) is 0 Å². The van der Waals surface area contributed by atoms with Crippen LogP contribution < -0.4 is 16.4 Å². The highest BCUT2D eigenvalue weighted by Gasteiger charge is 2.43. The fourth-order valence-corrected chi connectivity index (χ4v) is 4.84. The smallest absolute Gasteiger partial charge is 0.475 e. The molecule has 0 bridgehead atoms. The van der Waals surface area contributed by atoms with Gasteiger partial charge in [-0.3, -0.25) is 24.7 Å². The number of rotatable bonds is 11. The van der Waals surface area contributed by atoms with Crippen LogP contribution in [0.3, 0.4) is 0 Å². The second kappa shape index (κ2) is 17.7. The maximum absolute atomic E-state index is 13.6. The van der Waals surface area contributed by atoms with E-state index in [9.17, 15) is 49.9 Å². The monoisotopic (exact) mass is 741 g/mol. The van der Waals surface area contributed by atoms with E-state index in [1.54, 1.807) is 35.2 Å². The second-order valence-corrected chi connectivity index (χ2v) is 11.3. The highest BCUT2D eigenvalue weighted by molar-refractivity contribution is 6.30. The molecule has 0 aromatic heterocycles. The molecule has 1 fully saturated rings. The van der Waals surface area contributed by atoms with Crippen molar-refractivity contribution in [2.75, 3.05) is 13.1 Å². The number of aliphatic carboxylic acids is 1. The Morgan fingerprint density at radius 2 is 1.62 bits per heavy atom. The number of halogens is 8. The molecular weight excluding hydrogens is 711 g/mol. The highest BCUT2D eigenvalue weighted by Crippen LogP contribution is 2.28. The number of carbonyl (C=O) groups is 5. The summed E-state index contributed by atoms with van der Waals surface area (Å²) >= 11 is 5.88. The summed E-state index contributed by atoms with van der Waals surface area (Å²) < 4.78 is 86.5. The lowest BCUT2D eigenvalue weighted by molar-refractivity contribution is -0.202. The SMILES string of the molecule is C[C@H](NC(=O)[C@H]1C[C@H](Cc2ccc(F)c(Cl)c2)CN1CCC(=O)OC(=O)C(F)(F)F)C(=O)NCc1ccc(C(=N)N)cc1.O=C(O)C(F)(F)F. The van der Waals surface area contributed by atoms with Crippen LogP contribution in [0, 0.1) is 17.1 Å². The Balaban J connectivity index is 0.00000112. The standard InChI is InChI=1S/C28H30ClF4N5O5.C2HF3O2/c1-15(25(40)36-13-16-2-5-19(6-3-16)24(34)35)37-26(41)22-12-18(10-17-4-7-21(30)20(29)11-17)14-38(22)9-8-23(39)43-27(42)28(31,32)33;3-2(4,5)1(6)7/h2-7,11,15,18,22H,8-10,12-14H2,1H3,(H3,34,35)(H,36,40)(H,37,41);(H,6,7)/t15-,18-,22+;/m0./s1. The number of nitrogen functional groups attached to an aromatic ring is 1. The van der Waals surface area contributed by atoms with Crippen LogP contribution in [0.25, 0.3) is 0 Å². The van der Waals surface area contributed by atoms with E-state index < -0.39 is 66.4 Å². The predicted octanol–water partition coefficient (Wildman–Crippen LogP) is 3.47. The van der Waals surface area contributed by atoms with Gasteiger partial charge in [0.1, 0.15) is 17.7 Å². The van der Waals surface area contributed by atoms with E-state index in [2.05, 4.69) is 15.4 Å². The van der Waals surface area contributed by atoms with Crippen molar-refractivity contribution in [2.45, 2.75) is 57.2 Å². The number of esters is 2. The number of likely N-dealkylation sites (tertiary alicyclic amines) is 1. The first-order valence-electron chi connectivity index (χ1n) is 14.4. The number of hydrogen-bond donors (Lipinski definition) is 5. The summed E-state index contributed by atoms with van der Waals surface area (Å²) in [4.78, 5) is 59.2. The van der Waals surface area contributed by atoms with Gasteiger partial charge in [0, 0.05) is 25.2 Å². The molecule has 1 heterocycles. The number of carbonyl (C=O) groups excluding carboxylic acids is 4. The number of benzene rings is 2. The van der Waals surface area contributed by atoms with E-state index in [1.165, 1.54) is 19.1 Å². The zero-order valence-corrected chi connectivity index (χ0v) is 26.7. The van der Waals surface area contributed by atoms with Gasteiger partial charge in [0.15, 0.2) is 0 Å². The number of nitrogens with two attached hydrogens (primary N) is 1. The number of nitrogens with zero attached hydrogens (tertiary/aromatic N) is 1. The van der Waals surface area contributed by atoms with Crippen molar-refractivity contribution in [2.24, 2.45) is 11.7 Å². The van der Waals surface area contributed by atoms with Crippen LogP contribution in [0.5, 0.6) is 0 Å². The largest absolute Gasteiger partial charge is 0.491 e. The van der Waals surface area contributed by atoms with Crippen LogP contribution in [0.15, 0.2) is 42.5 Å². The number of carboxylic acid groups (broad SMARTS) is 1. The van der Waals surface area contributed by atoms with Crippen LogP contribution in [-0.4, -0.2) is 83.1 Å². The Morgan fingerprint density at radius 3 is 2.14 bits per heavy atom. The summed E-state index contributed by atoms with van der Waals surface area (Å²) in [6.45, 7) is 1.67. The van der Waals surface area contributed by atoms with Crippen LogP contribution in [0.2, 0.25) is 5.02 Å². The first-order chi connectivity index (χ1) is 23.1. The molecule has 20 heteroatoms. The van der Waals surface area contributed by atoms with Crippen molar-refractivity contribution in [3.8, 4) is 0 Å². The van der Waals surface area contributed by atoms with Crippen molar-refractivity contribution in [3.63, 3.8) is 0 Å². The predicted molar refractivity (Wildman–Crippen MR) is 161 cm³/mol. The molecule has 274 valence electrons. The summed E-state index contributed by atoms with van der Waals surface area (Å²) in [6, 6.07) is 9.03. The maximum atomic E-state index is 13.6. The molecule has 2 amide bonds. The van der Waals surface area contributed by atoms with Crippen molar-refractivity contribution < 1.29 is 64.5 Å². The summed E-state index contributed by atoms with van der Waals surface area (Å²) in [6.07, 6.45) is -10.4. The molecule has 3 atom stereocenters. The van der Waals surface area contributed by atoms with Crippen molar-refractivity contribution in [1.82, 2.24) is 15.5 Å². The van der Waals surface area contributed by atoms with Crippen molar-refractivity contribution in [1.29, 1.82) is 5.41 Å². The van der Waals surface area contributed by atoms with Gasteiger partial charge < -0.3 is 26.2 Å². The Bertz CT molecular complexity index is 1570. The van der Waals surface area contributed by atoms with Crippen molar-refractivity contribution in [3.05, 3.63) is 70.0 Å². The van der Waals surface area contributed by atoms with Gasteiger partial charge in [-0.05, 0) is 48.9 Å². The molecule has 1 saturated heterocycles. The lowest BCUT2D eigenvalue weighted by Crippen LogP contribution is -2.51. The number of hydrogen-bond acceptors (Lipinski definition) is 8. The zero-order chi connectivity index (χ0) is 38.0. The number of amidine groups is 1. The third kappa shape index (κ3) is 13.3. The molecule has 1 aliphatic rings. The van der Waals surface area contributed by atoms with Gasteiger partial charge in [-0.15, -0.1) is 0 Å². The Labute approximate surface area is 284 Å². The van der Waals surface area contributed by atoms with Gasteiger partial charge >= 0.3 is 30.3 Å². The fourth-order valence-electron chi connectivity index (χ4n) is 4.63. The van der Waals surface area contributed by atoms with Gasteiger partial charge in [-0.1, -0.05) is 41.9 Å². The Hall–Kier alpha value is -4.78. The van der Waals surface area contributed by atoms with Gasteiger partial charge in [-0.2, -0.15) is 26.3 Å². The second-order valence-electron chi connectivity index (χ2n) is 10.9. The molecule has 3 rings (SSSR count). The quantitative estimate of drug-likeness (QED) is 0.0755. The lowest BCUT2D eigenvalue weighted by Gasteiger charge is -2.24. The van der Waals surface area contributed by atoms with E-state index in [1.807, 2.05) is 0 Å². The average molecular weight is 742 g/mol. The van der Waals surface area contributed by atoms with Crippen molar-refractivity contribution >= 4 is 47.2 Å². The van der Waals surface area contributed by atoms with E-state index in [-0.39, 0.29) is 42.8 Å². The molecule has 0 unspecified atom stereocenters. The topological polar surface area (TPSA) is 192 Å². The summed E-state index contributed by atoms with van der Waals surface area (Å²) in [5.41, 5.74) is 7.39. The number of alkyl halides is 6. The molecule has 0 radical (unpaired) electrons. The van der Waals surface area contributed by atoms with E-state index >= 15 is 0 Å². The van der Waals surface area contributed by atoms with Crippen LogP contribution in [-0.2, 0) is 41.7 Å². The molecule has 2 aromatic carbocycles. The lowest BCUT2D eigenvalue weighted by atomic mass is 9.96. The molecule has 6 N–H and O–H groups in total. The van der Waals surface area contributed by atoms with E-state index in [4.69, 9.17) is 32.6 Å². The Kier molecular flexibility index (Phi) is 14.7.